The third-order valence-electron chi connectivity index (χ3n) is 4.74. The lowest BCUT2D eigenvalue weighted by molar-refractivity contribution is 0.0746. The Labute approximate surface area is 149 Å². The SMILES string of the molecule is CC(C)(C)c1ccc(N2CCN(C(=O)c3cccc(F)c3)CC2)cc1. The van der Waals surface area contributed by atoms with Crippen molar-refractivity contribution in [2.24, 2.45) is 0 Å². The minimum absolute atomic E-state index is 0.0952. The van der Waals surface area contributed by atoms with E-state index < -0.39 is 0 Å². The molecule has 2 aromatic carbocycles. The van der Waals surface area contributed by atoms with Crippen LogP contribution in [0.2, 0.25) is 0 Å². The van der Waals surface area contributed by atoms with E-state index in [0.717, 1.165) is 13.1 Å². The molecule has 0 saturated carbocycles. The zero-order valence-corrected chi connectivity index (χ0v) is 15.1. The van der Waals surface area contributed by atoms with Crippen LogP contribution in [0, 0.1) is 5.82 Å². The summed E-state index contributed by atoms with van der Waals surface area (Å²) in [5, 5.41) is 0. The summed E-state index contributed by atoms with van der Waals surface area (Å²) in [4.78, 5) is 16.6. The Morgan fingerprint density at radius 3 is 2.16 bits per heavy atom. The summed E-state index contributed by atoms with van der Waals surface area (Å²) in [6.07, 6.45) is 0. The molecular weight excluding hydrogens is 315 g/mol. The molecule has 0 radical (unpaired) electrons. The van der Waals surface area contributed by atoms with Crippen LogP contribution in [0.1, 0.15) is 36.7 Å². The van der Waals surface area contributed by atoms with Crippen LogP contribution in [0.25, 0.3) is 0 Å². The molecule has 3 nitrogen and oxygen atoms in total. The number of nitrogens with zero attached hydrogens (tertiary/aromatic N) is 2. The van der Waals surface area contributed by atoms with Gasteiger partial charge in [-0.05, 0) is 41.3 Å². The first-order valence-corrected chi connectivity index (χ1v) is 8.75. The van der Waals surface area contributed by atoms with E-state index in [4.69, 9.17) is 0 Å². The average Bonchev–Trinajstić information content (AvgIpc) is 2.61. The van der Waals surface area contributed by atoms with E-state index in [1.165, 1.54) is 23.4 Å². The molecule has 4 heteroatoms. The zero-order valence-electron chi connectivity index (χ0n) is 15.1. The first-order valence-electron chi connectivity index (χ1n) is 8.75. The minimum Gasteiger partial charge on any atom is -0.368 e. The molecule has 25 heavy (non-hydrogen) atoms. The van der Waals surface area contributed by atoms with Gasteiger partial charge in [0.15, 0.2) is 0 Å². The fraction of sp³-hybridized carbons (Fsp3) is 0.381. The Morgan fingerprint density at radius 2 is 1.60 bits per heavy atom. The first kappa shape index (κ1) is 17.5. The van der Waals surface area contributed by atoms with Gasteiger partial charge in [0, 0.05) is 37.4 Å². The highest BCUT2D eigenvalue weighted by atomic mass is 19.1. The van der Waals surface area contributed by atoms with Crippen molar-refractivity contribution in [3.8, 4) is 0 Å². The van der Waals surface area contributed by atoms with E-state index in [0.29, 0.717) is 18.7 Å². The summed E-state index contributed by atoms with van der Waals surface area (Å²) in [6.45, 7) is 9.50. The van der Waals surface area contributed by atoms with Gasteiger partial charge in [-0.15, -0.1) is 0 Å². The Balaban J connectivity index is 1.63. The molecule has 1 fully saturated rings. The molecule has 0 aliphatic carbocycles. The largest absolute Gasteiger partial charge is 0.368 e. The van der Waals surface area contributed by atoms with Gasteiger partial charge in [0.1, 0.15) is 5.82 Å². The summed E-state index contributed by atoms with van der Waals surface area (Å²) in [6, 6.07) is 14.6. The number of benzene rings is 2. The normalized spacial score (nSPS) is 15.4. The van der Waals surface area contributed by atoms with Gasteiger partial charge in [-0.3, -0.25) is 4.79 Å². The third-order valence-corrected chi connectivity index (χ3v) is 4.74. The van der Waals surface area contributed by atoms with Crippen LogP contribution in [-0.2, 0) is 5.41 Å². The fourth-order valence-electron chi connectivity index (χ4n) is 3.14. The van der Waals surface area contributed by atoms with Gasteiger partial charge in [0.05, 0.1) is 0 Å². The molecule has 1 aliphatic rings. The van der Waals surface area contributed by atoms with Crippen LogP contribution in [0.15, 0.2) is 48.5 Å². The van der Waals surface area contributed by atoms with Crippen molar-refractivity contribution in [3.63, 3.8) is 0 Å². The molecule has 132 valence electrons. The molecule has 0 unspecified atom stereocenters. The number of anilines is 1. The molecule has 0 N–H and O–H groups in total. The number of carbonyl (C=O) groups is 1. The van der Waals surface area contributed by atoms with Gasteiger partial charge in [-0.25, -0.2) is 4.39 Å². The second-order valence-electron chi connectivity index (χ2n) is 7.59. The number of hydrogen-bond donors (Lipinski definition) is 0. The van der Waals surface area contributed by atoms with Crippen molar-refractivity contribution < 1.29 is 9.18 Å². The quantitative estimate of drug-likeness (QED) is 0.822. The Hall–Kier alpha value is -2.36. The smallest absolute Gasteiger partial charge is 0.254 e. The number of piperazine rings is 1. The Bertz CT molecular complexity index is 741. The molecule has 0 spiro atoms. The van der Waals surface area contributed by atoms with Gasteiger partial charge >= 0.3 is 0 Å². The average molecular weight is 340 g/mol. The van der Waals surface area contributed by atoms with E-state index in [1.807, 2.05) is 0 Å². The van der Waals surface area contributed by atoms with Crippen molar-refractivity contribution >= 4 is 11.6 Å². The lowest BCUT2D eigenvalue weighted by Gasteiger charge is -2.36. The molecule has 0 atom stereocenters. The van der Waals surface area contributed by atoms with E-state index in [9.17, 15) is 9.18 Å². The molecular formula is C21H25FN2O. The summed E-state index contributed by atoms with van der Waals surface area (Å²) < 4.78 is 13.3. The maximum Gasteiger partial charge on any atom is 0.254 e. The minimum atomic E-state index is -0.372. The molecule has 0 bridgehead atoms. The van der Waals surface area contributed by atoms with E-state index in [2.05, 4.69) is 49.9 Å². The van der Waals surface area contributed by atoms with Gasteiger partial charge in [0.25, 0.3) is 5.91 Å². The first-order chi connectivity index (χ1) is 11.8. The van der Waals surface area contributed by atoms with Crippen LogP contribution >= 0.6 is 0 Å². The van der Waals surface area contributed by atoms with Gasteiger partial charge in [-0.1, -0.05) is 39.0 Å². The van der Waals surface area contributed by atoms with E-state index >= 15 is 0 Å². The molecule has 2 aromatic rings. The highest BCUT2D eigenvalue weighted by molar-refractivity contribution is 5.94. The lowest BCUT2D eigenvalue weighted by atomic mass is 9.87. The van der Waals surface area contributed by atoms with Crippen molar-refractivity contribution in [2.75, 3.05) is 31.1 Å². The summed E-state index contributed by atoms with van der Waals surface area (Å²) in [7, 11) is 0. The van der Waals surface area contributed by atoms with Crippen LogP contribution in [0.3, 0.4) is 0 Å². The molecule has 1 aliphatic heterocycles. The summed E-state index contributed by atoms with van der Waals surface area (Å²) in [5.74, 6) is -0.467. The van der Waals surface area contributed by atoms with Crippen LogP contribution in [0.5, 0.6) is 0 Å². The number of rotatable bonds is 2. The van der Waals surface area contributed by atoms with Crippen molar-refractivity contribution in [3.05, 3.63) is 65.5 Å². The summed E-state index contributed by atoms with van der Waals surface area (Å²) >= 11 is 0. The maximum absolute atomic E-state index is 13.3. The lowest BCUT2D eigenvalue weighted by Crippen LogP contribution is -2.48. The Kier molecular flexibility index (Phi) is 4.80. The number of amides is 1. The van der Waals surface area contributed by atoms with E-state index in [1.54, 1.807) is 17.0 Å². The number of halogens is 1. The van der Waals surface area contributed by atoms with Crippen molar-refractivity contribution in [2.45, 2.75) is 26.2 Å². The predicted octanol–water partition coefficient (Wildman–Crippen LogP) is 4.09. The molecule has 0 aromatic heterocycles. The van der Waals surface area contributed by atoms with E-state index in [-0.39, 0.29) is 17.1 Å². The number of hydrogen-bond acceptors (Lipinski definition) is 2. The standard InChI is InChI=1S/C21H25FN2O/c1-21(2,3)17-7-9-19(10-8-17)23-11-13-24(14-12-23)20(25)16-5-4-6-18(22)15-16/h4-10,15H,11-14H2,1-3H3. The highest BCUT2D eigenvalue weighted by Gasteiger charge is 2.23. The van der Waals surface area contributed by atoms with Gasteiger partial charge < -0.3 is 9.80 Å². The molecule has 3 rings (SSSR count). The zero-order chi connectivity index (χ0) is 18.0. The van der Waals surface area contributed by atoms with Crippen LogP contribution in [-0.4, -0.2) is 37.0 Å². The number of carbonyl (C=O) groups excluding carboxylic acids is 1. The van der Waals surface area contributed by atoms with Crippen LogP contribution in [0.4, 0.5) is 10.1 Å². The second-order valence-corrected chi connectivity index (χ2v) is 7.59. The fourth-order valence-corrected chi connectivity index (χ4v) is 3.14. The summed E-state index contributed by atoms with van der Waals surface area (Å²) in [5.41, 5.74) is 3.07. The molecule has 1 saturated heterocycles. The maximum atomic E-state index is 13.3. The topological polar surface area (TPSA) is 23.6 Å². The van der Waals surface area contributed by atoms with Crippen molar-refractivity contribution in [1.82, 2.24) is 4.90 Å². The molecule has 1 amide bonds. The predicted molar refractivity (Wildman–Crippen MR) is 99.7 cm³/mol. The highest BCUT2D eigenvalue weighted by Crippen LogP contribution is 2.25. The molecule has 1 heterocycles. The van der Waals surface area contributed by atoms with Crippen molar-refractivity contribution in [1.29, 1.82) is 0 Å². The van der Waals surface area contributed by atoms with Gasteiger partial charge in [0.2, 0.25) is 0 Å². The van der Waals surface area contributed by atoms with Crippen LogP contribution < -0.4 is 4.90 Å². The Morgan fingerprint density at radius 1 is 0.960 bits per heavy atom. The second kappa shape index (κ2) is 6.87. The monoisotopic (exact) mass is 340 g/mol. The van der Waals surface area contributed by atoms with Gasteiger partial charge in [-0.2, -0.15) is 0 Å². The third kappa shape index (κ3) is 4.01.